The molecule has 2 atom stereocenters. The van der Waals surface area contributed by atoms with Crippen LogP contribution in [0.2, 0.25) is 0 Å². The molecule has 10 heteroatoms. The van der Waals surface area contributed by atoms with Crippen molar-refractivity contribution in [3.8, 4) is 0 Å². The van der Waals surface area contributed by atoms with Gasteiger partial charge < -0.3 is 26.0 Å². The summed E-state index contributed by atoms with van der Waals surface area (Å²) in [6.45, 7) is 5.33. The van der Waals surface area contributed by atoms with E-state index in [0.29, 0.717) is 43.0 Å². The fraction of sp³-hybridized carbons (Fsp3) is 0.324. The molecule has 0 radical (unpaired) electrons. The molecule has 10 nitrogen and oxygen atoms in total. The van der Waals surface area contributed by atoms with Crippen LogP contribution in [0.1, 0.15) is 54.7 Å². The quantitative estimate of drug-likeness (QED) is 0.158. The molecular formula is C37H42N6O4. The number of nitrogens with two attached hydrogens (primary N) is 1. The van der Waals surface area contributed by atoms with Crippen molar-refractivity contribution in [2.45, 2.75) is 51.7 Å². The van der Waals surface area contributed by atoms with E-state index >= 15 is 0 Å². The number of fused-ring (bicyclic) bond motifs is 1. The smallest absolute Gasteiger partial charge is 0.410 e. The molecule has 3 aromatic carbocycles. The first-order valence-corrected chi connectivity index (χ1v) is 16.1. The van der Waals surface area contributed by atoms with E-state index in [2.05, 4.69) is 20.6 Å². The Bertz CT molecular complexity index is 1720. The molecule has 2 unspecified atom stereocenters. The predicted molar refractivity (Wildman–Crippen MR) is 184 cm³/mol. The minimum absolute atomic E-state index is 0.171. The highest BCUT2D eigenvalue weighted by Crippen LogP contribution is 2.22. The number of pyridine rings is 1. The second-order valence-corrected chi connectivity index (χ2v) is 12.1. The Morgan fingerprint density at radius 3 is 2.47 bits per heavy atom. The van der Waals surface area contributed by atoms with Crippen molar-refractivity contribution < 1.29 is 19.1 Å². The zero-order valence-corrected chi connectivity index (χ0v) is 26.9. The van der Waals surface area contributed by atoms with Crippen molar-refractivity contribution in [3.63, 3.8) is 0 Å². The van der Waals surface area contributed by atoms with Gasteiger partial charge in [-0.2, -0.15) is 0 Å². The number of ether oxygens (including phenoxy) is 1. The Kier molecular flexibility index (Phi) is 11.2. The van der Waals surface area contributed by atoms with Crippen LogP contribution in [-0.2, 0) is 16.0 Å². The lowest BCUT2D eigenvalue weighted by Gasteiger charge is -2.22. The number of aliphatic imine (C=N–C) groups is 1. The molecule has 4 aromatic rings. The van der Waals surface area contributed by atoms with Gasteiger partial charge in [0.2, 0.25) is 5.91 Å². The summed E-state index contributed by atoms with van der Waals surface area (Å²) >= 11 is 0. The lowest BCUT2D eigenvalue weighted by molar-refractivity contribution is -0.123. The maximum absolute atomic E-state index is 13.7. The largest absolute Gasteiger partial charge is 0.447 e. The number of rotatable bonds is 10. The molecular weight excluding hydrogens is 592 g/mol. The number of nitrogens with one attached hydrogen (secondary N) is 2. The minimum atomic E-state index is -0.829. The third kappa shape index (κ3) is 9.16. The van der Waals surface area contributed by atoms with Crippen molar-refractivity contribution in [2.75, 3.05) is 19.6 Å². The molecule has 3 amide bonds. The van der Waals surface area contributed by atoms with Gasteiger partial charge in [-0.3, -0.25) is 14.6 Å². The van der Waals surface area contributed by atoms with Gasteiger partial charge in [-0.15, -0.1) is 0 Å². The zero-order valence-electron chi connectivity index (χ0n) is 26.9. The normalized spacial score (nSPS) is 15.9. The maximum atomic E-state index is 13.7. The topological polar surface area (TPSA) is 139 Å². The summed E-state index contributed by atoms with van der Waals surface area (Å²) in [5.74, 6) is -0.337. The van der Waals surface area contributed by atoms with Crippen LogP contribution in [0.5, 0.6) is 0 Å². The van der Waals surface area contributed by atoms with Gasteiger partial charge in [0.25, 0.3) is 5.91 Å². The predicted octanol–water partition coefficient (Wildman–Crippen LogP) is 5.38. The fourth-order valence-electron chi connectivity index (χ4n) is 5.67. The second-order valence-electron chi connectivity index (χ2n) is 12.1. The highest BCUT2D eigenvalue weighted by atomic mass is 16.6. The van der Waals surface area contributed by atoms with E-state index in [9.17, 15) is 14.4 Å². The molecule has 47 heavy (non-hydrogen) atoms. The number of benzene rings is 3. The summed E-state index contributed by atoms with van der Waals surface area (Å²) in [7, 11) is 0. The van der Waals surface area contributed by atoms with Crippen LogP contribution in [0.4, 0.5) is 10.5 Å². The number of carbonyl (C=O) groups is 3. The molecule has 1 aliphatic heterocycles. The summed E-state index contributed by atoms with van der Waals surface area (Å²) in [5, 5.41) is 7.99. The summed E-state index contributed by atoms with van der Waals surface area (Å²) in [4.78, 5) is 50.5. The molecule has 1 fully saturated rings. The Morgan fingerprint density at radius 2 is 1.68 bits per heavy atom. The van der Waals surface area contributed by atoms with E-state index in [1.165, 1.54) is 0 Å². The number of carbonyl (C=O) groups excluding carboxylic acids is 3. The van der Waals surface area contributed by atoms with Gasteiger partial charge in [0.05, 0.1) is 17.4 Å². The monoisotopic (exact) mass is 634 g/mol. The van der Waals surface area contributed by atoms with Crippen molar-refractivity contribution in [2.24, 2.45) is 16.6 Å². The molecule has 4 N–H and O–H groups in total. The van der Waals surface area contributed by atoms with Gasteiger partial charge >= 0.3 is 6.09 Å². The maximum Gasteiger partial charge on any atom is 0.410 e. The lowest BCUT2D eigenvalue weighted by atomic mass is 10.00. The van der Waals surface area contributed by atoms with Crippen molar-refractivity contribution in [3.05, 3.63) is 108 Å². The molecule has 2 heterocycles. The van der Waals surface area contributed by atoms with Gasteiger partial charge in [0.1, 0.15) is 17.6 Å². The van der Waals surface area contributed by atoms with Gasteiger partial charge in [0.15, 0.2) is 0 Å². The Balaban J connectivity index is 1.28. The summed E-state index contributed by atoms with van der Waals surface area (Å²) < 4.78 is 5.37. The molecule has 1 aliphatic rings. The number of nitrogens with zero attached hydrogens (tertiary/aromatic N) is 3. The standard InChI is InChI=1S/C37H42N6O4/c1-25(2)47-37(46)43-19-10-13-27(18-20-43)23-40-36(45)33(21-26-11-4-3-5-12-26)42-35(44)30-16-8-9-17-31(30)41-34(38)32-22-28-14-6-7-15-29(28)24-39-32/h3-9,11-12,14-17,22,24-25,27,33H,10,13,18-21,23H2,1-2H3,(H2,38,41)(H,40,45)(H,42,44). The molecule has 1 saturated heterocycles. The van der Waals surface area contributed by atoms with E-state index in [0.717, 1.165) is 35.6 Å². The Morgan fingerprint density at radius 1 is 0.957 bits per heavy atom. The van der Waals surface area contributed by atoms with Crippen LogP contribution in [0, 0.1) is 5.92 Å². The molecule has 0 aliphatic carbocycles. The van der Waals surface area contributed by atoms with E-state index in [-0.39, 0.29) is 29.9 Å². The van der Waals surface area contributed by atoms with Crippen LogP contribution in [-0.4, -0.2) is 65.4 Å². The highest BCUT2D eigenvalue weighted by molar-refractivity contribution is 6.05. The lowest BCUT2D eigenvalue weighted by Crippen LogP contribution is -2.49. The number of hydrogen-bond acceptors (Lipinski definition) is 6. The zero-order chi connectivity index (χ0) is 33.2. The van der Waals surface area contributed by atoms with Crippen molar-refractivity contribution in [1.82, 2.24) is 20.5 Å². The third-order valence-corrected chi connectivity index (χ3v) is 8.19. The highest BCUT2D eigenvalue weighted by Gasteiger charge is 2.26. The van der Waals surface area contributed by atoms with Crippen LogP contribution in [0.25, 0.3) is 10.8 Å². The number of amidine groups is 1. The molecule has 0 saturated carbocycles. The first-order valence-electron chi connectivity index (χ1n) is 16.1. The summed E-state index contributed by atoms with van der Waals surface area (Å²) in [6.07, 6.45) is 4.04. The Hall–Kier alpha value is -5.25. The fourth-order valence-corrected chi connectivity index (χ4v) is 5.67. The van der Waals surface area contributed by atoms with Crippen LogP contribution in [0.15, 0.2) is 96.1 Å². The van der Waals surface area contributed by atoms with Crippen LogP contribution in [0.3, 0.4) is 0 Å². The number of hydrogen-bond donors (Lipinski definition) is 3. The van der Waals surface area contributed by atoms with Gasteiger partial charge in [0, 0.05) is 37.6 Å². The molecule has 244 valence electrons. The van der Waals surface area contributed by atoms with Gasteiger partial charge in [-0.25, -0.2) is 9.79 Å². The Labute approximate surface area is 275 Å². The molecule has 0 spiro atoms. The average Bonchev–Trinajstić information content (AvgIpc) is 3.33. The second kappa shape index (κ2) is 15.8. The average molecular weight is 635 g/mol. The third-order valence-electron chi connectivity index (χ3n) is 8.19. The van der Waals surface area contributed by atoms with Crippen molar-refractivity contribution in [1.29, 1.82) is 0 Å². The minimum Gasteiger partial charge on any atom is -0.447 e. The first-order chi connectivity index (χ1) is 22.8. The SMILES string of the molecule is CC(C)OC(=O)N1CCCC(CNC(=O)C(Cc2ccccc2)NC(=O)c2ccccc2N=C(N)c2cc3ccccc3cn2)CC1. The number of aromatic nitrogens is 1. The number of amides is 3. The van der Waals surface area contributed by atoms with E-state index in [4.69, 9.17) is 10.5 Å². The summed E-state index contributed by atoms with van der Waals surface area (Å²) in [6, 6.07) is 25.3. The van der Waals surface area contributed by atoms with Crippen molar-refractivity contribution >= 4 is 40.2 Å². The number of para-hydroxylation sites is 1. The molecule has 0 bridgehead atoms. The van der Waals surface area contributed by atoms with Gasteiger partial charge in [-0.05, 0) is 68.2 Å². The van der Waals surface area contributed by atoms with E-state index < -0.39 is 11.9 Å². The molecule has 5 rings (SSSR count). The van der Waals surface area contributed by atoms with E-state index in [1.807, 2.05) is 74.5 Å². The van der Waals surface area contributed by atoms with Gasteiger partial charge in [-0.1, -0.05) is 66.7 Å². The molecule has 1 aromatic heterocycles. The van der Waals surface area contributed by atoms with Crippen LogP contribution < -0.4 is 16.4 Å². The first kappa shape index (κ1) is 33.1. The summed E-state index contributed by atoms with van der Waals surface area (Å²) in [5.41, 5.74) is 8.45. The van der Waals surface area contributed by atoms with E-state index in [1.54, 1.807) is 35.4 Å². The number of likely N-dealkylation sites (tertiary alicyclic amines) is 1. The van der Waals surface area contributed by atoms with Crippen LogP contribution >= 0.6 is 0 Å².